The Balaban J connectivity index is 1.97. The molecule has 0 aliphatic carbocycles. The first-order valence-corrected chi connectivity index (χ1v) is 14.8. The molecule has 0 aromatic heterocycles. The molecule has 0 saturated heterocycles. The molecule has 3 atom stereocenters. The summed E-state index contributed by atoms with van der Waals surface area (Å²) < 4.78 is 0.767. The highest BCUT2D eigenvalue weighted by Crippen LogP contribution is 2.24. The molecule has 4 nitrogen and oxygen atoms in total. The minimum atomic E-state index is 0.0385. The third kappa shape index (κ3) is 13.0. The van der Waals surface area contributed by atoms with Gasteiger partial charge >= 0.3 is 0 Å². The molecule has 0 saturated carbocycles. The fraction of sp³-hybridized carbons (Fsp3) is 0.833. The van der Waals surface area contributed by atoms with E-state index in [9.17, 15) is 4.79 Å². The number of amides is 1. The summed E-state index contributed by atoms with van der Waals surface area (Å²) in [5.41, 5.74) is 0. The minimum absolute atomic E-state index is 0.0385. The molecule has 0 aromatic rings. The van der Waals surface area contributed by atoms with Gasteiger partial charge in [-0.1, -0.05) is 115 Å². The molecule has 1 aliphatic heterocycles. The van der Waals surface area contributed by atoms with Gasteiger partial charge in [0.1, 0.15) is 6.20 Å². The van der Waals surface area contributed by atoms with E-state index in [2.05, 4.69) is 56.0 Å². The van der Waals surface area contributed by atoms with E-state index in [-0.39, 0.29) is 12.1 Å². The van der Waals surface area contributed by atoms with Crippen molar-refractivity contribution in [2.45, 2.75) is 156 Å². The van der Waals surface area contributed by atoms with Crippen molar-refractivity contribution in [3.05, 3.63) is 24.6 Å². The summed E-state index contributed by atoms with van der Waals surface area (Å²) in [6, 6.07) is 0. The minimum Gasteiger partial charge on any atom is -0.337 e. The third-order valence-corrected chi connectivity index (χ3v) is 7.65. The maximum atomic E-state index is 11.5. The number of nitrogens with one attached hydrogen (secondary N) is 2. The Morgan fingerprint density at radius 2 is 1.35 bits per heavy atom. The summed E-state index contributed by atoms with van der Waals surface area (Å²) in [6.45, 7) is 9.16. The van der Waals surface area contributed by atoms with Crippen molar-refractivity contribution in [1.82, 2.24) is 10.6 Å². The normalized spacial score (nSPS) is 20.6. The lowest BCUT2D eigenvalue weighted by molar-refractivity contribution is -0.923. The fourth-order valence-electron chi connectivity index (χ4n) is 5.37. The van der Waals surface area contributed by atoms with E-state index in [0.29, 0.717) is 6.17 Å². The van der Waals surface area contributed by atoms with Gasteiger partial charge in [-0.25, -0.2) is 0 Å². The highest BCUT2D eigenvalue weighted by molar-refractivity contribution is 5.72. The van der Waals surface area contributed by atoms with Crippen LogP contribution in [0.4, 0.5) is 0 Å². The molecule has 34 heavy (non-hydrogen) atoms. The van der Waals surface area contributed by atoms with Gasteiger partial charge in [-0.05, 0) is 19.8 Å². The molecule has 2 N–H and O–H groups in total. The number of carbonyl (C=O) groups excluding carboxylic acids is 1. The summed E-state index contributed by atoms with van der Waals surface area (Å²) >= 11 is 0. The van der Waals surface area contributed by atoms with Crippen molar-refractivity contribution >= 4 is 5.91 Å². The van der Waals surface area contributed by atoms with Crippen molar-refractivity contribution in [2.75, 3.05) is 6.54 Å². The second-order valence-electron chi connectivity index (χ2n) is 10.5. The van der Waals surface area contributed by atoms with Gasteiger partial charge in [0.25, 0.3) is 0 Å². The molecular weight excluding hydrogens is 418 g/mol. The largest absolute Gasteiger partial charge is 0.337 e. The number of hydrogen-bond donors (Lipinski definition) is 2. The first-order chi connectivity index (χ1) is 16.6. The first kappa shape index (κ1) is 30.7. The predicted octanol–water partition coefficient (Wildman–Crippen LogP) is 8.30. The first-order valence-electron chi connectivity index (χ1n) is 14.8. The van der Waals surface area contributed by atoms with Crippen LogP contribution in [0, 0.1) is 0 Å². The zero-order valence-electron chi connectivity index (χ0n) is 23.3. The third-order valence-electron chi connectivity index (χ3n) is 7.65. The van der Waals surface area contributed by atoms with E-state index in [1.54, 1.807) is 6.92 Å². The summed E-state index contributed by atoms with van der Waals surface area (Å²) in [4.78, 5) is 11.5. The van der Waals surface area contributed by atoms with Crippen LogP contribution in [0.25, 0.3) is 0 Å². The van der Waals surface area contributed by atoms with Gasteiger partial charge in [0.2, 0.25) is 5.91 Å². The standard InChI is InChI=1S/C30H57N3O/c1-5-7-8-9-10-11-12-13-14-15-16-17-18-19-20-21-22-23-24-25-30-31-26-27-33(30,6-2)28(3)32-29(4)34/h23-24,26-28,30-31H,5-22,25H2,1-4H3/p+1/b24-23+. The quantitative estimate of drug-likeness (QED) is 0.0937. The lowest BCUT2D eigenvalue weighted by atomic mass is 10.0. The number of hydrogen-bond acceptors (Lipinski definition) is 2. The van der Waals surface area contributed by atoms with Gasteiger partial charge in [-0.2, -0.15) is 0 Å². The molecular formula is C30H58N3O+. The van der Waals surface area contributed by atoms with E-state index in [0.717, 1.165) is 17.4 Å². The molecule has 0 fully saturated rings. The topological polar surface area (TPSA) is 41.1 Å². The molecule has 1 heterocycles. The average Bonchev–Trinajstić information content (AvgIpc) is 3.24. The van der Waals surface area contributed by atoms with Gasteiger partial charge < -0.3 is 10.6 Å². The molecule has 1 amide bonds. The summed E-state index contributed by atoms with van der Waals surface area (Å²) in [5, 5.41) is 6.59. The molecule has 0 spiro atoms. The van der Waals surface area contributed by atoms with E-state index >= 15 is 0 Å². The maximum absolute atomic E-state index is 11.5. The van der Waals surface area contributed by atoms with E-state index in [4.69, 9.17) is 0 Å². The van der Waals surface area contributed by atoms with Crippen LogP contribution >= 0.6 is 0 Å². The van der Waals surface area contributed by atoms with Gasteiger partial charge in [-0.3, -0.25) is 9.28 Å². The number of rotatable bonds is 22. The van der Waals surface area contributed by atoms with Crippen LogP contribution in [0.5, 0.6) is 0 Å². The predicted molar refractivity (Wildman–Crippen MR) is 148 cm³/mol. The smallest absolute Gasteiger partial charge is 0.221 e. The van der Waals surface area contributed by atoms with Crippen LogP contribution in [0.15, 0.2) is 24.6 Å². The maximum Gasteiger partial charge on any atom is 0.221 e. The molecule has 1 rings (SSSR count). The second-order valence-corrected chi connectivity index (χ2v) is 10.5. The molecule has 198 valence electrons. The monoisotopic (exact) mass is 476 g/mol. The lowest BCUT2D eigenvalue weighted by Gasteiger charge is -2.41. The van der Waals surface area contributed by atoms with Crippen LogP contribution in [0.1, 0.15) is 143 Å². The highest BCUT2D eigenvalue weighted by atomic mass is 16.1. The molecule has 0 bridgehead atoms. The van der Waals surface area contributed by atoms with Crippen LogP contribution < -0.4 is 10.6 Å². The van der Waals surface area contributed by atoms with Crippen LogP contribution in [0.2, 0.25) is 0 Å². The van der Waals surface area contributed by atoms with Crippen LogP contribution in [-0.4, -0.2) is 29.3 Å². The number of quaternary nitrogens is 1. The van der Waals surface area contributed by atoms with Crippen molar-refractivity contribution in [3.63, 3.8) is 0 Å². The zero-order valence-corrected chi connectivity index (χ0v) is 23.3. The zero-order chi connectivity index (χ0) is 24.9. The van der Waals surface area contributed by atoms with Crippen molar-refractivity contribution in [2.24, 2.45) is 0 Å². The highest BCUT2D eigenvalue weighted by Gasteiger charge is 2.41. The summed E-state index contributed by atoms with van der Waals surface area (Å²) in [7, 11) is 0. The Labute approximate surface area is 212 Å². The lowest BCUT2D eigenvalue weighted by Crippen LogP contribution is -2.62. The van der Waals surface area contributed by atoms with Gasteiger partial charge in [-0.15, -0.1) is 0 Å². The van der Waals surface area contributed by atoms with E-state index in [1.165, 1.54) is 109 Å². The van der Waals surface area contributed by atoms with Crippen molar-refractivity contribution < 1.29 is 9.28 Å². The molecule has 0 radical (unpaired) electrons. The van der Waals surface area contributed by atoms with Gasteiger partial charge in [0.15, 0.2) is 12.3 Å². The number of carbonyl (C=O) groups is 1. The SMILES string of the molecule is CCCCCCCCCCCCCCCCCC/C=C/CC1NC=C[N+]1(CC)C(C)NC(C)=O. The number of allylic oxidation sites excluding steroid dienone is 1. The Hall–Kier alpha value is -1.29. The molecule has 1 aliphatic rings. The second kappa shape index (κ2) is 20.0. The Morgan fingerprint density at radius 3 is 1.82 bits per heavy atom. The van der Waals surface area contributed by atoms with Crippen molar-refractivity contribution in [1.29, 1.82) is 0 Å². The number of nitrogens with zero attached hydrogens (tertiary/aromatic N) is 1. The Bertz CT molecular complexity index is 559. The Kier molecular flexibility index (Phi) is 18.0. The molecule has 0 aromatic carbocycles. The Morgan fingerprint density at radius 1 is 0.853 bits per heavy atom. The summed E-state index contributed by atoms with van der Waals surface area (Å²) in [5.74, 6) is 0.0385. The van der Waals surface area contributed by atoms with Gasteiger partial charge in [0, 0.05) is 20.3 Å². The van der Waals surface area contributed by atoms with Crippen molar-refractivity contribution in [3.8, 4) is 0 Å². The van der Waals surface area contributed by atoms with E-state index < -0.39 is 0 Å². The number of unbranched alkanes of at least 4 members (excludes halogenated alkanes) is 16. The fourth-order valence-corrected chi connectivity index (χ4v) is 5.37. The molecule has 3 unspecified atom stereocenters. The van der Waals surface area contributed by atoms with E-state index in [1.807, 2.05) is 0 Å². The molecule has 4 heteroatoms. The van der Waals surface area contributed by atoms with Crippen LogP contribution in [0.3, 0.4) is 0 Å². The average molecular weight is 477 g/mol. The van der Waals surface area contributed by atoms with Gasteiger partial charge in [0.05, 0.1) is 12.7 Å². The summed E-state index contributed by atoms with van der Waals surface area (Å²) in [6.07, 6.45) is 34.2. The van der Waals surface area contributed by atoms with Crippen LogP contribution in [-0.2, 0) is 4.79 Å².